The van der Waals surface area contributed by atoms with Gasteiger partial charge in [-0.2, -0.15) is 0 Å². The van der Waals surface area contributed by atoms with E-state index in [0.717, 1.165) is 12.0 Å². The number of carbonyl (C=O) groups is 1. The van der Waals surface area contributed by atoms with Gasteiger partial charge in [-0.1, -0.05) is 13.8 Å². The molecule has 0 bridgehead atoms. The number of ether oxygens (including phenoxy) is 1. The van der Waals surface area contributed by atoms with Crippen molar-refractivity contribution >= 4 is 18.1 Å². The summed E-state index contributed by atoms with van der Waals surface area (Å²) in [5.74, 6) is 0.977. The van der Waals surface area contributed by atoms with Crippen LogP contribution in [0, 0.1) is 10.8 Å². The first-order valence-corrected chi connectivity index (χ1v) is 8.50. The molecule has 0 spiro atoms. The van der Waals surface area contributed by atoms with Crippen LogP contribution in [-0.4, -0.2) is 46.8 Å². The second-order valence-electron chi connectivity index (χ2n) is 6.35. The summed E-state index contributed by atoms with van der Waals surface area (Å²) in [5.41, 5.74) is 1.43. The van der Waals surface area contributed by atoms with Crippen molar-refractivity contribution in [2.45, 2.75) is 26.3 Å². The number of H-pyrrole nitrogens is 1. The molecule has 1 atom stereocenters. The molecule has 1 aliphatic rings. The molecule has 1 aliphatic heterocycles. The lowest BCUT2D eigenvalue weighted by molar-refractivity contribution is -0.00746. The monoisotopic (exact) mass is 347 g/mol. The molecule has 1 saturated heterocycles. The van der Waals surface area contributed by atoms with E-state index in [1.165, 1.54) is 0 Å². The Labute approximate surface area is 145 Å². The van der Waals surface area contributed by atoms with Gasteiger partial charge in [0, 0.05) is 17.7 Å². The maximum absolute atomic E-state index is 12.9. The zero-order chi connectivity index (χ0) is 17.1. The molecular formula is C17H21N3O3S. The van der Waals surface area contributed by atoms with Crippen molar-refractivity contribution in [3.05, 3.63) is 34.7 Å². The molecule has 2 heterocycles. The largest absolute Gasteiger partial charge is 0.409 e. The lowest BCUT2D eigenvalue weighted by atomic mass is 10.0. The minimum atomic E-state index is 0.0402. The number of aromatic nitrogens is 2. The number of nitrogens with zero attached hydrogens (tertiary/aromatic N) is 2. The first kappa shape index (κ1) is 16.9. The second kappa shape index (κ2) is 7.27. The van der Waals surface area contributed by atoms with Crippen LogP contribution in [0.5, 0.6) is 0 Å². The average molecular weight is 347 g/mol. The highest BCUT2D eigenvalue weighted by Gasteiger charge is 2.28. The minimum absolute atomic E-state index is 0.0402. The van der Waals surface area contributed by atoms with Crippen LogP contribution in [0.3, 0.4) is 0 Å². The van der Waals surface area contributed by atoms with Crippen molar-refractivity contribution in [1.82, 2.24) is 15.1 Å². The molecule has 1 aromatic carbocycles. The molecule has 1 unspecified atom stereocenters. The van der Waals surface area contributed by atoms with Crippen LogP contribution < -0.4 is 0 Å². The maximum Gasteiger partial charge on any atom is 0.284 e. The van der Waals surface area contributed by atoms with E-state index in [4.69, 9.17) is 21.4 Å². The first-order valence-electron chi connectivity index (χ1n) is 8.09. The number of hydrogen-bond acceptors (Lipinski definition) is 5. The van der Waals surface area contributed by atoms with Crippen LogP contribution in [-0.2, 0) is 4.74 Å². The van der Waals surface area contributed by atoms with Gasteiger partial charge in [0.25, 0.3) is 10.7 Å². The molecule has 0 saturated carbocycles. The molecular weight excluding hydrogens is 326 g/mol. The third-order valence-electron chi connectivity index (χ3n) is 4.05. The predicted octanol–water partition coefficient (Wildman–Crippen LogP) is 3.29. The summed E-state index contributed by atoms with van der Waals surface area (Å²) < 4.78 is 10.8. The van der Waals surface area contributed by atoms with Gasteiger partial charge in [0.15, 0.2) is 0 Å². The maximum atomic E-state index is 12.9. The third kappa shape index (κ3) is 3.73. The normalized spacial score (nSPS) is 18.1. The SMILES string of the molecule is CC(C)CC1COCCN1C(=O)c1ccc(-c2n[nH]c(=S)o2)cc1. The van der Waals surface area contributed by atoms with Gasteiger partial charge in [-0.05, 0) is 48.8 Å². The van der Waals surface area contributed by atoms with Gasteiger partial charge in [0.05, 0.1) is 19.3 Å². The van der Waals surface area contributed by atoms with E-state index in [9.17, 15) is 4.79 Å². The van der Waals surface area contributed by atoms with Gasteiger partial charge in [0.1, 0.15) is 0 Å². The van der Waals surface area contributed by atoms with Crippen molar-refractivity contribution in [2.75, 3.05) is 19.8 Å². The number of benzene rings is 1. The topological polar surface area (TPSA) is 71.4 Å². The highest BCUT2D eigenvalue weighted by molar-refractivity contribution is 7.71. The van der Waals surface area contributed by atoms with Gasteiger partial charge in [-0.15, -0.1) is 5.10 Å². The minimum Gasteiger partial charge on any atom is -0.409 e. The Hall–Kier alpha value is -1.99. The summed E-state index contributed by atoms with van der Waals surface area (Å²) in [6.45, 7) is 6.15. The van der Waals surface area contributed by atoms with Crippen LogP contribution in [0.25, 0.3) is 11.5 Å². The zero-order valence-corrected chi connectivity index (χ0v) is 14.6. The molecule has 24 heavy (non-hydrogen) atoms. The number of aromatic amines is 1. The predicted molar refractivity (Wildman–Crippen MR) is 92.2 cm³/mol. The molecule has 1 fully saturated rings. The Balaban J connectivity index is 1.77. The number of rotatable bonds is 4. The molecule has 128 valence electrons. The summed E-state index contributed by atoms with van der Waals surface area (Å²) in [5, 5.41) is 6.58. The lowest BCUT2D eigenvalue weighted by Gasteiger charge is -2.36. The fourth-order valence-electron chi connectivity index (χ4n) is 2.94. The molecule has 1 aromatic heterocycles. The molecule has 1 N–H and O–H groups in total. The van der Waals surface area contributed by atoms with Crippen molar-refractivity contribution < 1.29 is 13.9 Å². The lowest BCUT2D eigenvalue weighted by Crippen LogP contribution is -2.49. The molecule has 0 radical (unpaired) electrons. The molecule has 0 aliphatic carbocycles. The quantitative estimate of drug-likeness (QED) is 0.860. The molecule has 7 heteroatoms. The van der Waals surface area contributed by atoms with Gasteiger partial charge in [0.2, 0.25) is 5.89 Å². The van der Waals surface area contributed by atoms with Crippen LogP contribution in [0.1, 0.15) is 30.6 Å². The summed E-state index contributed by atoms with van der Waals surface area (Å²) in [6, 6.07) is 7.37. The molecule has 3 rings (SSSR count). The summed E-state index contributed by atoms with van der Waals surface area (Å²) in [7, 11) is 0. The van der Waals surface area contributed by atoms with Crippen LogP contribution in [0.15, 0.2) is 28.7 Å². The van der Waals surface area contributed by atoms with Gasteiger partial charge >= 0.3 is 0 Å². The van der Waals surface area contributed by atoms with Gasteiger partial charge < -0.3 is 14.1 Å². The highest BCUT2D eigenvalue weighted by Crippen LogP contribution is 2.21. The standard InChI is InChI=1S/C17H21N3O3S/c1-11(2)9-14-10-22-8-7-20(14)16(21)13-5-3-12(4-6-13)15-18-19-17(24)23-15/h3-6,11,14H,7-10H2,1-2H3,(H,19,24). The Morgan fingerprint density at radius 2 is 2.17 bits per heavy atom. The van der Waals surface area contributed by atoms with E-state index in [0.29, 0.717) is 37.1 Å². The van der Waals surface area contributed by atoms with Crippen molar-refractivity contribution in [2.24, 2.45) is 5.92 Å². The molecule has 2 aromatic rings. The highest BCUT2D eigenvalue weighted by atomic mass is 32.1. The van der Waals surface area contributed by atoms with Crippen molar-refractivity contribution in [1.29, 1.82) is 0 Å². The van der Waals surface area contributed by atoms with Crippen molar-refractivity contribution in [3.63, 3.8) is 0 Å². The van der Waals surface area contributed by atoms with E-state index in [1.807, 2.05) is 17.0 Å². The van der Waals surface area contributed by atoms with E-state index in [1.54, 1.807) is 12.1 Å². The van der Waals surface area contributed by atoms with E-state index in [2.05, 4.69) is 24.0 Å². The van der Waals surface area contributed by atoms with Gasteiger partial charge in [-0.3, -0.25) is 4.79 Å². The summed E-state index contributed by atoms with van der Waals surface area (Å²) in [6.07, 6.45) is 0.942. The Morgan fingerprint density at radius 1 is 1.42 bits per heavy atom. The summed E-state index contributed by atoms with van der Waals surface area (Å²) in [4.78, 5) is 15.0. The Kier molecular flexibility index (Phi) is 5.11. The number of carbonyl (C=O) groups excluding carboxylic acids is 1. The Bertz CT molecular complexity index is 751. The number of morpholine rings is 1. The first-order chi connectivity index (χ1) is 11.5. The fraction of sp³-hybridized carbons (Fsp3) is 0.471. The van der Waals surface area contributed by atoms with Crippen LogP contribution in [0.2, 0.25) is 0 Å². The molecule has 1 amide bonds. The van der Waals surface area contributed by atoms with Gasteiger partial charge in [-0.25, -0.2) is 5.10 Å². The number of amides is 1. The zero-order valence-electron chi connectivity index (χ0n) is 13.8. The molecule has 6 nitrogen and oxygen atoms in total. The van der Waals surface area contributed by atoms with Crippen LogP contribution >= 0.6 is 12.2 Å². The fourth-order valence-corrected chi connectivity index (χ4v) is 3.06. The average Bonchev–Trinajstić information content (AvgIpc) is 3.01. The number of nitrogens with one attached hydrogen (secondary N) is 1. The smallest absolute Gasteiger partial charge is 0.284 e. The van der Waals surface area contributed by atoms with E-state index >= 15 is 0 Å². The van der Waals surface area contributed by atoms with E-state index < -0.39 is 0 Å². The summed E-state index contributed by atoms with van der Waals surface area (Å²) >= 11 is 4.88. The Morgan fingerprint density at radius 3 is 2.79 bits per heavy atom. The van der Waals surface area contributed by atoms with E-state index in [-0.39, 0.29) is 16.8 Å². The van der Waals surface area contributed by atoms with Crippen molar-refractivity contribution in [3.8, 4) is 11.5 Å². The van der Waals surface area contributed by atoms with Crippen LogP contribution in [0.4, 0.5) is 0 Å². The second-order valence-corrected chi connectivity index (χ2v) is 6.72. The number of hydrogen-bond donors (Lipinski definition) is 1. The third-order valence-corrected chi connectivity index (χ3v) is 4.22.